The number of pyridine rings is 1. The molecule has 0 unspecified atom stereocenters. The van der Waals surface area contributed by atoms with Gasteiger partial charge in [0.1, 0.15) is 11.6 Å². The van der Waals surface area contributed by atoms with Crippen LogP contribution in [0.2, 0.25) is 10.0 Å². The summed E-state index contributed by atoms with van der Waals surface area (Å²) in [7, 11) is 0. The molecule has 2 heterocycles. The number of carbonyl (C=O) groups is 1. The number of hydrogen-bond acceptors (Lipinski definition) is 5. The lowest BCUT2D eigenvalue weighted by Crippen LogP contribution is -2.38. The molecular weight excluding hydrogens is 616 g/mol. The first-order valence-corrected chi connectivity index (χ1v) is 14.2. The fraction of sp³-hybridized carbons (Fsp3) is 0.188. The van der Waals surface area contributed by atoms with Gasteiger partial charge in [0.2, 0.25) is 5.91 Å². The third-order valence-electron chi connectivity index (χ3n) is 6.88. The van der Waals surface area contributed by atoms with Gasteiger partial charge in [-0.3, -0.25) is 19.1 Å². The zero-order valence-corrected chi connectivity index (χ0v) is 24.8. The molecule has 0 aliphatic rings. The number of benzene rings is 3. The minimum Gasteiger partial charge on any atom is -0.484 e. The standard InChI is InChI=1S/C32H25Cl2F3N4O3/c1-20(40(18-22-5-4-14-38-17-22)29(42)16-21-8-13-26(33)27(34)15-21)30-39-28-7-3-2-6-25(28)31(43)41(30)23-9-11-24(12-10-23)44-19-32(35,36)37/h2-15,17,20H,16,18-19H2,1H3/t20-/m1/s1. The molecule has 5 aromatic rings. The number of para-hydroxylation sites is 1. The molecule has 1 atom stereocenters. The molecule has 0 radical (unpaired) electrons. The van der Waals surface area contributed by atoms with Crippen LogP contribution in [-0.4, -0.2) is 38.1 Å². The molecule has 0 aliphatic carbocycles. The first-order valence-electron chi connectivity index (χ1n) is 13.4. The van der Waals surface area contributed by atoms with Gasteiger partial charge in [0, 0.05) is 18.9 Å². The summed E-state index contributed by atoms with van der Waals surface area (Å²) < 4.78 is 44.2. The number of fused-ring (bicyclic) bond motifs is 1. The maximum atomic E-state index is 13.9. The van der Waals surface area contributed by atoms with Crippen LogP contribution in [0.1, 0.15) is 29.9 Å². The Morgan fingerprint density at radius 2 is 1.73 bits per heavy atom. The Bertz CT molecular complexity index is 1850. The van der Waals surface area contributed by atoms with Crippen LogP contribution in [0.25, 0.3) is 16.6 Å². The lowest BCUT2D eigenvalue weighted by atomic mass is 10.1. The molecule has 1 amide bonds. The van der Waals surface area contributed by atoms with Gasteiger partial charge in [0.15, 0.2) is 6.61 Å². The van der Waals surface area contributed by atoms with Crippen LogP contribution in [0.4, 0.5) is 13.2 Å². The van der Waals surface area contributed by atoms with Gasteiger partial charge in [-0.1, -0.05) is 47.5 Å². The Kier molecular flexibility index (Phi) is 9.22. The molecule has 0 fully saturated rings. The molecule has 0 N–H and O–H groups in total. The molecule has 5 rings (SSSR count). The average Bonchev–Trinajstić information content (AvgIpc) is 3.01. The van der Waals surface area contributed by atoms with Gasteiger partial charge in [-0.2, -0.15) is 13.2 Å². The topological polar surface area (TPSA) is 77.3 Å². The van der Waals surface area contributed by atoms with E-state index >= 15 is 0 Å². The summed E-state index contributed by atoms with van der Waals surface area (Å²) in [5, 5.41) is 1.01. The number of hydrogen-bond donors (Lipinski definition) is 0. The van der Waals surface area contributed by atoms with Gasteiger partial charge >= 0.3 is 6.18 Å². The van der Waals surface area contributed by atoms with Crippen LogP contribution in [-0.2, 0) is 17.8 Å². The van der Waals surface area contributed by atoms with E-state index < -0.39 is 24.4 Å². The third-order valence-corrected chi connectivity index (χ3v) is 7.61. The van der Waals surface area contributed by atoms with Gasteiger partial charge in [0.05, 0.1) is 39.1 Å². The maximum Gasteiger partial charge on any atom is 0.422 e. The predicted octanol–water partition coefficient (Wildman–Crippen LogP) is 7.36. The van der Waals surface area contributed by atoms with Crippen molar-refractivity contribution in [1.82, 2.24) is 19.4 Å². The van der Waals surface area contributed by atoms with E-state index in [1.165, 1.54) is 28.8 Å². The van der Waals surface area contributed by atoms with Gasteiger partial charge in [-0.25, -0.2) is 4.98 Å². The molecule has 7 nitrogen and oxygen atoms in total. The van der Waals surface area contributed by atoms with E-state index in [9.17, 15) is 22.8 Å². The molecular formula is C32H25Cl2F3N4O3. The van der Waals surface area contributed by atoms with Crippen LogP contribution in [0.3, 0.4) is 0 Å². The van der Waals surface area contributed by atoms with Crippen molar-refractivity contribution < 1.29 is 22.7 Å². The van der Waals surface area contributed by atoms with E-state index in [0.29, 0.717) is 32.2 Å². The zero-order chi connectivity index (χ0) is 31.4. The molecule has 12 heteroatoms. The number of halogens is 5. The highest BCUT2D eigenvalue weighted by atomic mass is 35.5. The Hall–Kier alpha value is -4.41. The largest absolute Gasteiger partial charge is 0.484 e. The van der Waals surface area contributed by atoms with Crippen molar-refractivity contribution in [2.24, 2.45) is 0 Å². The van der Waals surface area contributed by atoms with E-state index in [1.807, 2.05) is 6.07 Å². The van der Waals surface area contributed by atoms with Crippen LogP contribution < -0.4 is 10.3 Å². The molecule has 44 heavy (non-hydrogen) atoms. The fourth-order valence-corrected chi connectivity index (χ4v) is 5.05. The second-order valence-electron chi connectivity index (χ2n) is 10.0. The molecule has 3 aromatic carbocycles. The van der Waals surface area contributed by atoms with Gasteiger partial charge in [0.25, 0.3) is 5.56 Å². The maximum absolute atomic E-state index is 13.9. The van der Waals surface area contributed by atoms with E-state index in [4.69, 9.17) is 32.9 Å². The summed E-state index contributed by atoms with van der Waals surface area (Å²) in [5.41, 5.74) is 1.76. The molecule has 0 saturated carbocycles. The van der Waals surface area contributed by atoms with Crippen LogP contribution in [0.5, 0.6) is 5.75 Å². The minimum absolute atomic E-state index is 0.00938. The number of nitrogens with zero attached hydrogens (tertiary/aromatic N) is 4. The molecule has 0 bridgehead atoms. The number of alkyl halides is 3. The monoisotopic (exact) mass is 640 g/mol. The summed E-state index contributed by atoms with van der Waals surface area (Å²) in [6, 6.07) is 20.3. The molecule has 2 aromatic heterocycles. The van der Waals surface area contributed by atoms with Crippen LogP contribution in [0.15, 0.2) is 96.1 Å². The van der Waals surface area contributed by atoms with Crippen LogP contribution in [0, 0.1) is 0 Å². The predicted molar refractivity (Wildman–Crippen MR) is 162 cm³/mol. The van der Waals surface area contributed by atoms with Gasteiger partial charge < -0.3 is 9.64 Å². The quantitative estimate of drug-likeness (QED) is 0.168. The van der Waals surface area contributed by atoms with Crippen molar-refractivity contribution >= 4 is 40.0 Å². The summed E-state index contributed by atoms with van der Waals surface area (Å²) >= 11 is 12.3. The third kappa shape index (κ3) is 7.20. The summed E-state index contributed by atoms with van der Waals surface area (Å²) in [6.07, 6.45) is -1.24. The number of amides is 1. The van der Waals surface area contributed by atoms with Crippen molar-refractivity contribution in [3.05, 3.63) is 129 Å². The SMILES string of the molecule is C[C@H](c1nc2ccccc2c(=O)n1-c1ccc(OCC(F)(F)F)cc1)N(Cc1cccnc1)C(=O)Cc1ccc(Cl)c(Cl)c1. The van der Waals surface area contributed by atoms with Gasteiger partial charge in [-0.05, 0) is 72.6 Å². The van der Waals surface area contributed by atoms with Crippen molar-refractivity contribution in [1.29, 1.82) is 0 Å². The summed E-state index contributed by atoms with van der Waals surface area (Å²) in [6.45, 7) is 0.468. The van der Waals surface area contributed by atoms with E-state index in [0.717, 1.165) is 5.56 Å². The van der Waals surface area contributed by atoms with E-state index in [2.05, 4.69) is 4.98 Å². The minimum atomic E-state index is -4.50. The van der Waals surface area contributed by atoms with E-state index in [-0.39, 0.29) is 30.4 Å². The average molecular weight is 641 g/mol. The first-order chi connectivity index (χ1) is 21.0. The molecule has 0 spiro atoms. The van der Waals surface area contributed by atoms with Crippen molar-refractivity contribution in [2.75, 3.05) is 6.61 Å². The summed E-state index contributed by atoms with van der Waals surface area (Å²) in [5.74, 6) is -0.0360. The Labute approximate surface area is 260 Å². The number of ether oxygens (including phenoxy) is 1. The fourth-order valence-electron chi connectivity index (χ4n) is 4.73. The first kappa shape index (κ1) is 31.0. The number of aromatic nitrogens is 3. The Morgan fingerprint density at radius 1 is 0.977 bits per heavy atom. The van der Waals surface area contributed by atoms with Crippen molar-refractivity contribution in [3.8, 4) is 11.4 Å². The lowest BCUT2D eigenvalue weighted by Gasteiger charge is -2.31. The van der Waals surface area contributed by atoms with E-state index in [1.54, 1.807) is 72.7 Å². The number of rotatable bonds is 9. The molecule has 0 saturated heterocycles. The van der Waals surface area contributed by atoms with Gasteiger partial charge in [-0.15, -0.1) is 0 Å². The zero-order valence-electron chi connectivity index (χ0n) is 23.3. The van der Waals surface area contributed by atoms with Crippen molar-refractivity contribution in [3.63, 3.8) is 0 Å². The number of carbonyl (C=O) groups excluding carboxylic acids is 1. The Morgan fingerprint density at radius 3 is 2.41 bits per heavy atom. The molecule has 226 valence electrons. The molecule has 0 aliphatic heterocycles. The second-order valence-corrected chi connectivity index (χ2v) is 10.8. The highest BCUT2D eigenvalue weighted by molar-refractivity contribution is 6.42. The van der Waals surface area contributed by atoms with Crippen molar-refractivity contribution in [2.45, 2.75) is 32.1 Å². The smallest absolute Gasteiger partial charge is 0.422 e. The highest BCUT2D eigenvalue weighted by Crippen LogP contribution is 2.28. The highest BCUT2D eigenvalue weighted by Gasteiger charge is 2.29. The Balaban J connectivity index is 1.59. The second kappa shape index (κ2) is 13.1. The van der Waals surface area contributed by atoms with Crippen LogP contribution >= 0.6 is 23.2 Å². The normalized spacial score (nSPS) is 12.2. The summed E-state index contributed by atoms with van der Waals surface area (Å²) in [4.78, 5) is 38.4. The lowest BCUT2D eigenvalue weighted by molar-refractivity contribution is -0.153.